The highest BCUT2D eigenvalue weighted by Crippen LogP contribution is 2.46. The number of nitrogens with zero attached hydrogens (tertiary/aromatic N) is 1. The van der Waals surface area contributed by atoms with E-state index >= 15 is 0 Å². The molecule has 1 saturated carbocycles. The summed E-state index contributed by atoms with van der Waals surface area (Å²) in [4.78, 5) is 0. The molecule has 1 fully saturated rings. The van der Waals surface area contributed by atoms with Crippen LogP contribution in [-0.4, -0.2) is 12.1 Å². The van der Waals surface area contributed by atoms with Crippen molar-refractivity contribution in [3.05, 3.63) is 34.9 Å². The van der Waals surface area contributed by atoms with Crippen LogP contribution in [0.4, 0.5) is 0 Å². The molecular weight excluding hydrogens is 196 g/mol. The van der Waals surface area contributed by atoms with Crippen molar-refractivity contribution in [2.45, 2.75) is 37.6 Å². The largest absolute Gasteiger partial charge is 0.304 e. The number of hydrogen-bond acceptors (Lipinski definition) is 2. The molecule has 0 bridgehead atoms. The smallest absolute Gasteiger partial charge is 0.0666 e. The van der Waals surface area contributed by atoms with E-state index in [4.69, 9.17) is 5.26 Å². The minimum atomic E-state index is 0.110. The molecule has 2 nitrogen and oxygen atoms in total. The maximum Gasteiger partial charge on any atom is 0.0666 e. The van der Waals surface area contributed by atoms with Gasteiger partial charge in [-0.3, -0.25) is 0 Å². The summed E-state index contributed by atoms with van der Waals surface area (Å²) < 4.78 is 0. The van der Waals surface area contributed by atoms with Gasteiger partial charge in [-0.25, -0.2) is 0 Å². The van der Waals surface area contributed by atoms with Gasteiger partial charge in [0.05, 0.1) is 18.0 Å². The standard InChI is InChI=1S/C14H16N2/c15-9-6-11-7-10-16-14-8-2-4-12(14)3-1-5-13(11)14/h1,3,5,16H,2,4,6-8,10H2. The van der Waals surface area contributed by atoms with E-state index in [-0.39, 0.29) is 5.54 Å². The van der Waals surface area contributed by atoms with Gasteiger partial charge in [-0.15, -0.1) is 0 Å². The normalized spacial score (nSPS) is 31.8. The average molecular weight is 212 g/mol. The van der Waals surface area contributed by atoms with Crippen LogP contribution in [0.25, 0.3) is 0 Å². The van der Waals surface area contributed by atoms with Gasteiger partial charge in [0.2, 0.25) is 0 Å². The second-order valence-electron chi connectivity index (χ2n) is 4.84. The Balaban J connectivity index is 2.12. The highest BCUT2D eigenvalue weighted by atomic mass is 15.0. The second kappa shape index (κ2) is 3.61. The van der Waals surface area contributed by atoms with Crippen molar-refractivity contribution in [3.8, 4) is 6.07 Å². The van der Waals surface area contributed by atoms with E-state index in [1.54, 1.807) is 0 Å². The number of allylic oxidation sites excluding steroid dienone is 2. The fourth-order valence-electron chi connectivity index (χ4n) is 3.41. The Morgan fingerprint density at radius 3 is 3.25 bits per heavy atom. The lowest BCUT2D eigenvalue weighted by Crippen LogP contribution is -2.50. The Kier molecular flexibility index (Phi) is 2.22. The Labute approximate surface area is 96.3 Å². The minimum absolute atomic E-state index is 0.110. The molecule has 1 spiro atoms. The Bertz CT molecular complexity index is 448. The predicted molar refractivity (Wildman–Crippen MR) is 63.7 cm³/mol. The van der Waals surface area contributed by atoms with Crippen molar-refractivity contribution in [2.24, 2.45) is 0 Å². The van der Waals surface area contributed by atoms with Crippen molar-refractivity contribution < 1.29 is 0 Å². The van der Waals surface area contributed by atoms with Crippen LogP contribution < -0.4 is 5.32 Å². The highest BCUT2D eigenvalue weighted by molar-refractivity contribution is 5.53. The zero-order valence-corrected chi connectivity index (χ0v) is 9.42. The molecule has 1 N–H and O–H groups in total. The molecule has 82 valence electrons. The first-order valence-electron chi connectivity index (χ1n) is 6.09. The third-order valence-corrected chi connectivity index (χ3v) is 4.09. The first-order chi connectivity index (χ1) is 7.87. The van der Waals surface area contributed by atoms with Crippen LogP contribution >= 0.6 is 0 Å². The fourth-order valence-corrected chi connectivity index (χ4v) is 3.41. The lowest BCUT2D eigenvalue weighted by atomic mass is 9.75. The number of nitriles is 1. The summed E-state index contributed by atoms with van der Waals surface area (Å²) in [6.07, 6.45) is 11.9. The van der Waals surface area contributed by atoms with Gasteiger partial charge in [0.25, 0.3) is 0 Å². The molecule has 0 aromatic carbocycles. The van der Waals surface area contributed by atoms with Crippen molar-refractivity contribution in [3.63, 3.8) is 0 Å². The van der Waals surface area contributed by atoms with Crippen LogP contribution in [0.15, 0.2) is 34.9 Å². The average Bonchev–Trinajstić information content (AvgIpc) is 2.71. The molecule has 0 amide bonds. The summed E-state index contributed by atoms with van der Waals surface area (Å²) in [7, 11) is 0. The molecule has 1 unspecified atom stereocenters. The molecule has 0 aromatic rings. The van der Waals surface area contributed by atoms with Crippen molar-refractivity contribution in [1.82, 2.24) is 5.32 Å². The molecule has 3 aliphatic rings. The van der Waals surface area contributed by atoms with E-state index in [0.29, 0.717) is 6.42 Å². The van der Waals surface area contributed by atoms with Crippen LogP contribution in [0.2, 0.25) is 0 Å². The van der Waals surface area contributed by atoms with E-state index < -0.39 is 0 Å². The van der Waals surface area contributed by atoms with E-state index in [0.717, 1.165) is 13.0 Å². The van der Waals surface area contributed by atoms with Gasteiger partial charge in [0.15, 0.2) is 0 Å². The third-order valence-electron chi connectivity index (χ3n) is 4.09. The van der Waals surface area contributed by atoms with Gasteiger partial charge in [0, 0.05) is 6.54 Å². The topological polar surface area (TPSA) is 35.8 Å². The van der Waals surface area contributed by atoms with Crippen molar-refractivity contribution >= 4 is 0 Å². The number of nitrogens with one attached hydrogen (secondary N) is 1. The lowest BCUT2D eigenvalue weighted by molar-refractivity contribution is 0.427. The Morgan fingerprint density at radius 2 is 2.38 bits per heavy atom. The number of hydrogen-bond donors (Lipinski definition) is 1. The van der Waals surface area contributed by atoms with E-state index in [9.17, 15) is 0 Å². The first kappa shape index (κ1) is 9.86. The molecule has 1 aliphatic heterocycles. The summed E-state index contributed by atoms with van der Waals surface area (Å²) in [5.41, 5.74) is 4.39. The zero-order chi connectivity index (χ0) is 11.0. The molecule has 1 heterocycles. The summed E-state index contributed by atoms with van der Waals surface area (Å²) in [6.45, 7) is 1.02. The Hall–Kier alpha value is -1.33. The van der Waals surface area contributed by atoms with Gasteiger partial charge in [-0.2, -0.15) is 5.26 Å². The number of rotatable bonds is 1. The van der Waals surface area contributed by atoms with E-state index in [1.165, 1.54) is 36.0 Å². The maximum absolute atomic E-state index is 8.90. The van der Waals surface area contributed by atoms with Crippen LogP contribution in [0, 0.1) is 11.3 Å². The molecule has 3 rings (SSSR count). The Morgan fingerprint density at radius 1 is 1.44 bits per heavy atom. The first-order valence-corrected chi connectivity index (χ1v) is 6.09. The van der Waals surface area contributed by atoms with Gasteiger partial charge in [-0.05, 0) is 42.4 Å². The SMILES string of the molecule is N#CCC1=C2C=CC=C3CCCC32NCC1. The molecule has 2 aliphatic carbocycles. The maximum atomic E-state index is 8.90. The summed E-state index contributed by atoms with van der Waals surface area (Å²) >= 11 is 0. The quantitative estimate of drug-likeness (QED) is 0.725. The fraction of sp³-hybridized carbons (Fsp3) is 0.500. The van der Waals surface area contributed by atoms with Crippen LogP contribution in [0.1, 0.15) is 32.1 Å². The van der Waals surface area contributed by atoms with Crippen molar-refractivity contribution in [2.75, 3.05) is 6.54 Å². The molecule has 0 radical (unpaired) electrons. The van der Waals surface area contributed by atoms with Gasteiger partial charge in [-0.1, -0.05) is 18.2 Å². The van der Waals surface area contributed by atoms with Crippen LogP contribution in [-0.2, 0) is 0 Å². The molecule has 16 heavy (non-hydrogen) atoms. The summed E-state index contributed by atoms with van der Waals surface area (Å²) in [5, 5.41) is 12.6. The molecule has 0 saturated heterocycles. The van der Waals surface area contributed by atoms with Gasteiger partial charge in [0.1, 0.15) is 0 Å². The molecular formula is C14H16N2. The lowest BCUT2D eigenvalue weighted by Gasteiger charge is -2.40. The minimum Gasteiger partial charge on any atom is -0.304 e. The second-order valence-corrected chi connectivity index (χ2v) is 4.84. The molecule has 0 aromatic heterocycles. The zero-order valence-electron chi connectivity index (χ0n) is 9.42. The van der Waals surface area contributed by atoms with Crippen LogP contribution in [0.5, 0.6) is 0 Å². The van der Waals surface area contributed by atoms with E-state index in [1.807, 2.05) is 0 Å². The third kappa shape index (κ3) is 1.22. The highest BCUT2D eigenvalue weighted by Gasteiger charge is 2.43. The summed E-state index contributed by atoms with van der Waals surface area (Å²) in [6, 6.07) is 2.31. The van der Waals surface area contributed by atoms with Crippen LogP contribution in [0.3, 0.4) is 0 Å². The molecule has 2 heteroatoms. The molecule has 1 atom stereocenters. The summed E-state index contributed by atoms with van der Waals surface area (Å²) in [5.74, 6) is 0. The van der Waals surface area contributed by atoms with Gasteiger partial charge >= 0.3 is 0 Å². The van der Waals surface area contributed by atoms with E-state index in [2.05, 4.69) is 29.6 Å². The van der Waals surface area contributed by atoms with Gasteiger partial charge < -0.3 is 5.32 Å². The monoisotopic (exact) mass is 212 g/mol. The predicted octanol–water partition coefficient (Wildman–Crippen LogP) is 2.61. The van der Waals surface area contributed by atoms with Crippen molar-refractivity contribution in [1.29, 1.82) is 5.26 Å².